The van der Waals surface area contributed by atoms with Gasteiger partial charge in [-0.25, -0.2) is 9.59 Å². The number of carbonyl (C=O) groups excluding carboxylic acids is 3. The maximum Gasteiger partial charge on any atom is 0.343 e. The summed E-state index contributed by atoms with van der Waals surface area (Å²) in [5, 5.41) is 15.4. The van der Waals surface area contributed by atoms with E-state index in [9.17, 15) is 24.3 Å². The molecule has 1 unspecified atom stereocenters. The number of amides is 2. The molecule has 0 spiro atoms. The van der Waals surface area contributed by atoms with Gasteiger partial charge in [-0.15, -0.1) is 0 Å². The SMILES string of the molecule is C=C(C)C(=CC=C(C)OC(=O)c1ccc(OCCCCCCC)cc1)CC(NC(=O)c1ccc(NC(=O)C(C)(C)c2ccccc2)cc1)C(=O)O. The van der Waals surface area contributed by atoms with Crippen molar-refractivity contribution in [3.8, 4) is 5.75 Å². The lowest BCUT2D eigenvalue weighted by atomic mass is 9.83. The van der Waals surface area contributed by atoms with Crippen molar-refractivity contribution in [3.63, 3.8) is 0 Å². The van der Waals surface area contributed by atoms with Crippen LogP contribution < -0.4 is 15.4 Å². The van der Waals surface area contributed by atoms with Gasteiger partial charge < -0.3 is 25.2 Å². The summed E-state index contributed by atoms with van der Waals surface area (Å²) in [6, 6.07) is 21.1. The highest BCUT2D eigenvalue weighted by atomic mass is 16.5. The van der Waals surface area contributed by atoms with Gasteiger partial charge in [0.15, 0.2) is 0 Å². The van der Waals surface area contributed by atoms with Crippen LogP contribution in [0.1, 0.15) is 99.4 Å². The Morgan fingerprint density at radius 2 is 1.47 bits per heavy atom. The second kappa shape index (κ2) is 19.7. The Hall–Kier alpha value is -5.44. The maximum absolute atomic E-state index is 13.1. The normalized spacial score (nSPS) is 12.4. The van der Waals surface area contributed by atoms with Gasteiger partial charge in [-0.1, -0.05) is 81.2 Å². The molecule has 51 heavy (non-hydrogen) atoms. The molecule has 3 aromatic rings. The first kappa shape index (κ1) is 40.0. The predicted molar refractivity (Wildman–Crippen MR) is 201 cm³/mol. The molecule has 3 rings (SSSR count). The molecule has 0 heterocycles. The number of carbonyl (C=O) groups is 4. The number of nitrogens with one attached hydrogen (secondary N) is 2. The number of carboxylic acid groups (broad SMARTS) is 1. The minimum atomic E-state index is -1.26. The quantitative estimate of drug-likeness (QED) is 0.0495. The Morgan fingerprint density at radius 3 is 2.08 bits per heavy atom. The van der Waals surface area contributed by atoms with Crippen LogP contribution in [0, 0.1) is 0 Å². The fourth-order valence-corrected chi connectivity index (χ4v) is 5.06. The largest absolute Gasteiger partial charge is 0.494 e. The van der Waals surface area contributed by atoms with Crippen molar-refractivity contribution in [1.29, 1.82) is 0 Å². The minimum absolute atomic E-state index is 0.0586. The smallest absolute Gasteiger partial charge is 0.343 e. The van der Waals surface area contributed by atoms with Gasteiger partial charge in [-0.3, -0.25) is 9.59 Å². The average Bonchev–Trinajstić information content (AvgIpc) is 3.11. The second-order valence-electron chi connectivity index (χ2n) is 13.0. The fourth-order valence-electron chi connectivity index (χ4n) is 5.06. The lowest BCUT2D eigenvalue weighted by Gasteiger charge is -2.24. The molecule has 0 aromatic heterocycles. The lowest BCUT2D eigenvalue weighted by molar-refractivity contribution is -0.139. The first-order valence-electron chi connectivity index (χ1n) is 17.3. The first-order chi connectivity index (χ1) is 24.3. The summed E-state index contributed by atoms with van der Waals surface area (Å²) in [5.74, 6) is -1.58. The first-order valence-corrected chi connectivity index (χ1v) is 17.3. The number of unbranched alkanes of at least 4 members (excludes halogenated alkanes) is 4. The van der Waals surface area contributed by atoms with Crippen LogP contribution in [-0.4, -0.2) is 41.5 Å². The van der Waals surface area contributed by atoms with Crippen molar-refractivity contribution in [3.05, 3.63) is 131 Å². The van der Waals surface area contributed by atoms with E-state index >= 15 is 0 Å². The van der Waals surface area contributed by atoms with Crippen molar-refractivity contribution < 1.29 is 33.8 Å². The molecule has 0 saturated carbocycles. The van der Waals surface area contributed by atoms with E-state index in [-0.39, 0.29) is 17.9 Å². The van der Waals surface area contributed by atoms with Crippen LogP contribution in [0.2, 0.25) is 0 Å². The molecule has 0 radical (unpaired) electrons. The number of rotatable bonds is 19. The summed E-state index contributed by atoms with van der Waals surface area (Å²) in [6.07, 6.45) is 8.86. The Balaban J connectivity index is 1.58. The Bertz CT molecular complexity index is 1710. The zero-order valence-electron chi connectivity index (χ0n) is 30.3. The van der Waals surface area contributed by atoms with Crippen LogP contribution >= 0.6 is 0 Å². The van der Waals surface area contributed by atoms with Crippen molar-refractivity contribution in [2.75, 3.05) is 11.9 Å². The number of allylic oxidation sites excluding steroid dienone is 4. The summed E-state index contributed by atoms with van der Waals surface area (Å²) >= 11 is 0. The van der Waals surface area contributed by atoms with E-state index in [1.54, 1.807) is 62.4 Å². The fraction of sp³-hybridized carbons (Fsp3) is 0.333. The van der Waals surface area contributed by atoms with Crippen LogP contribution in [0.4, 0.5) is 5.69 Å². The van der Waals surface area contributed by atoms with Gasteiger partial charge in [-0.05, 0) is 99.9 Å². The Morgan fingerprint density at radius 1 is 0.843 bits per heavy atom. The van der Waals surface area contributed by atoms with Crippen molar-refractivity contribution in [1.82, 2.24) is 5.32 Å². The molecular weight excluding hydrogens is 644 g/mol. The van der Waals surface area contributed by atoms with Crippen molar-refractivity contribution >= 4 is 29.4 Å². The summed E-state index contributed by atoms with van der Waals surface area (Å²) < 4.78 is 11.3. The van der Waals surface area contributed by atoms with Crippen LogP contribution in [-0.2, 0) is 19.7 Å². The zero-order valence-corrected chi connectivity index (χ0v) is 30.3. The topological polar surface area (TPSA) is 131 Å². The van der Waals surface area contributed by atoms with Gasteiger partial charge in [0.25, 0.3) is 5.91 Å². The summed E-state index contributed by atoms with van der Waals surface area (Å²) in [6.45, 7) is 13.8. The molecule has 0 bridgehead atoms. The lowest BCUT2D eigenvalue weighted by Crippen LogP contribution is -2.41. The molecular formula is C42H50N2O7. The zero-order chi connectivity index (χ0) is 37.4. The van der Waals surface area contributed by atoms with Crippen molar-refractivity contribution in [2.45, 2.75) is 84.6 Å². The van der Waals surface area contributed by atoms with E-state index in [1.165, 1.54) is 31.4 Å². The molecule has 3 N–H and O–H groups in total. The van der Waals surface area contributed by atoms with E-state index in [1.807, 2.05) is 44.2 Å². The molecule has 2 amide bonds. The predicted octanol–water partition coefficient (Wildman–Crippen LogP) is 8.79. The van der Waals surface area contributed by atoms with E-state index in [2.05, 4.69) is 24.1 Å². The van der Waals surface area contributed by atoms with Gasteiger partial charge in [0.1, 0.15) is 17.6 Å². The molecule has 0 fully saturated rings. The Kier molecular flexibility index (Phi) is 15.4. The van der Waals surface area contributed by atoms with Crippen LogP contribution in [0.5, 0.6) is 5.75 Å². The highest BCUT2D eigenvalue weighted by Crippen LogP contribution is 2.25. The molecule has 0 aliphatic heterocycles. The van der Waals surface area contributed by atoms with Crippen LogP contribution in [0.3, 0.4) is 0 Å². The van der Waals surface area contributed by atoms with Gasteiger partial charge >= 0.3 is 11.9 Å². The second-order valence-corrected chi connectivity index (χ2v) is 13.0. The number of anilines is 1. The monoisotopic (exact) mass is 694 g/mol. The summed E-state index contributed by atoms with van der Waals surface area (Å²) in [4.78, 5) is 51.0. The summed E-state index contributed by atoms with van der Waals surface area (Å²) in [7, 11) is 0. The number of esters is 1. The number of aliphatic carboxylic acids is 1. The van der Waals surface area contributed by atoms with Crippen molar-refractivity contribution in [2.24, 2.45) is 0 Å². The number of benzene rings is 3. The van der Waals surface area contributed by atoms with E-state index in [4.69, 9.17) is 9.47 Å². The molecule has 9 nitrogen and oxygen atoms in total. The van der Waals surface area contributed by atoms with E-state index < -0.39 is 29.3 Å². The number of hydrogen-bond donors (Lipinski definition) is 3. The maximum atomic E-state index is 13.1. The molecule has 0 aliphatic carbocycles. The standard InChI is InChI=1S/C42H50N2O7/c1-7-8-9-10-14-27-50-36-25-21-32(22-26-36)40(48)51-30(4)17-18-33(29(2)3)28-37(39(46)47)44-38(45)31-19-23-35(24-20-31)43-41(49)42(5,6)34-15-12-11-13-16-34/h11-13,15-26,37H,2,7-10,14,27-28H2,1,3-6H3,(H,43,49)(H,44,45)(H,46,47). The molecule has 0 aliphatic rings. The van der Waals surface area contributed by atoms with E-state index in [0.29, 0.717) is 40.5 Å². The number of hydrogen-bond acceptors (Lipinski definition) is 6. The third-order valence-electron chi connectivity index (χ3n) is 8.42. The number of ether oxygens (including phenoxy) is 2. The van der Waals surface area contributed by atoms with Gasteiger partial charge in [-0.2, -0.15) is 0 Å². The highest BCUT2D eigenvalue weighted by molar-refractivity contribution is 6.00. The molecule has 1 atom stereocenters. The molecule has 9 heteroatoms. The Labute approximate surface area is 301 Å². The van der Waals surface area contributed by atoms with Crippen LogP contribution in [0.25, 0.3) is 0 Å². The van der Waals surface area contributed by atoms with Crippen LogP contribution in [0.15, 0.2) is 114 Å². The molecule has 0 saturated heterocycles. The highest BCUT2D eigenvalue weighted by Gasteiger charge is 2.29. The van der Waals surface area contributed by atoms with Gasteiger partial charge in [0.2, 0.25) is 5.91 Å². The van der Waals surface area contributed by atoms with Gasteiger partial charge in [0, 0.05) is 17.7 Å². The third-order valence-corrected chi connectivity index (χ3v) is 8.42. The van der Waals surface area contributed by atoms with Gasteiger partial charge in [0.05, 0.1) is 17.6 Å². The molecule has 3 aromatic carbocycles. The average molecular weight is 695 g/mol. The third kappa shape index (κ3) is 12.8. The number of carboxylic acids is 1. The summed E-state index contributed by atoms with van der Waals surface area (Å²) in [5.41, 5.74) is 2.31. The molecule has 270 valence electrons. The minimum Gasteiger partial charge on any atom is -0.494 e. The van der Waals surface area contributed by atoms with E-state index in [0.717, 1.165) is 18.4 Å².